The maximum atomic E-state index is 10.5. The molecule has 1 rings (SSSR count). The van der Waals surface area contributed by atoms with Gasteiger partial charge in [0, 0.05) is 6.20 Å². The molecule has 0 bridgehead atoms. The molecule has 80 valence electrons. The predicted molar refractivity (Wildman–Crippen MR) is 59.4 cm³/mol. The van der Waals surface area contributed by atoms with E-state index in [1.54, 1.807) is 12.3 Å². The first kappa shape index (κ1) is 11.4. The lowest BCUT2D eigenvalue weighted by Crippen LogP contribution is -1.94. The van der Waals surface area contributed by atoms with Gasteiger partial charge in [-0.1, -0.05) is 25.5 Å². The van der Waals surface area contributed by atoms with Crippen LogP contribution in [0.25, 0.3) is 5.57 Å². The normalized spacial score (nSPS) is 11.4. The third-order valence-electron chi connectivity index (χ3n) is 2.04. The first-order valence-corrected chi connectivity index (χ1v) is 5.06. The molecule has 1 aromatic rings. The van der Waals surface area contributed by atoms with Crippen molar-refractivity contribution < 1.29 is 9.90 Å². The second kappa shape index (κ2) is 5.96. The number of hydrogen-bond donors (Lipinski definition) is 1. The molecule has 3 heteroatoms. The van der Waals surface area contributed by atoms with Crippen molar-refractivity contribution in [2.45, 2.75) is 26.2 Å². The number of aliphatic carboxylic acids is 1. The van der Waals surface area contributed by atoms with Crippen molar-refractivity contribution in [2.24, 2.45) is 0 Å². The molecular weight excluding hydrogens is 190 g/mol. The van der Waals surface area contributed by atoms with Gasteiger partial charge in [0.25, 0.3) is 0 Å². The Labute approximate surface area is 89.5 Å². The molecule has 0 aromatic carbocycles. The first-order valence-electron chi connectivity index (χ1n) is 5.06. The fourth-order valence-corrected chi connectivity index (χ4v) is 1.37. The van der Waals surface area contributed by atoms with Crippen molar-refractivity contribution >= 4 is 11.5 Å². The Kier molecular flexibility index (Phi) is 4.54. The van der Waals surface area contributed by atoms with Gasteiger partial charge in [-0.3, -0.25) is 9.78 Å². The number of carbonyl (C=O) groups is 1. The zero-order valence-electron chi connectivity index (χ0n) is 8.81. The maximum Gasteiger partial charge on any atom is 0.307 e. The number of carboxylic acids is 1. The van der Waals surface area contributed by atoms with Gasteiger partial charge in [-0.2, -0.15) is 0 Å². The number of rotatable bonds is 5. The summed E-state index contributed by atoms with van der Waals surface area (Å²) in [4.78, 5) is 14.7. The van der Waals surface area contributed by atoms with Crippen LogP contribution in [0, 0.1) is 0 Å². The van der Waals surface area contributed by atoms with E-state index in [2.05, 4.69) is 11.9 Å². The van der Waals surface area contributed by atoms with Crippen LogP contribution >= 0.6 is 0 Å². The van der Waals surface area contributed by atoms with E-state index in [0.29, 0.717) is 0 Å². The lowest BCUT2D eigenvalue weighted by molar-refractivity contribution is -0.135. The van der Waals surface area contributed by atoms with Crippen LogP contribution < -0.4 is 0 Å². The minimum Gasteiger partial charge on any atom is -0.481 e. The zero-order chi connectivity index (χ0) is 11.1. The van der Waals surface area contributed by atoms with Gasteiger partial charge in [0.2, 0.25) is 0 Å². The molecule has 15 heavy (non-hydrogen) atoms. The van der Waals surface area contributed by atoms with Crippen LogP contribution in [0.4, 0.5) is 0 Å². The summed E-state index contributed by atoms with van der Waals surface area (Å²) >= 11 is 0. The van der Waals surface area contributed by atoms with Gasteiger partial charge in [-0.25, -0.2) is 0 Å². The lowest BCUT2D eigenvalue weighted by atomic mass is 10.1. The average molecular weight is 205 g/mol. The van der Waals surface area contributed by atoms with Crippen LogP contribution in [0.3, 0.4) is 0 Å². The molecule has 0 saturated carbocycles. The van der Waals surface area contributed by atoms with Gasteiger partial charge in [0.05, 0.1) is 12.1 Å². The van der Waals surface area contributed by atoms with Crippen LogP contribution in [0.2, 0.25) is 0 Å². The van der Waals surface area contributed by atoms with Crippen LogP contribution in [-0.2, 0) is 4.79 Å². The summed E-state index contributed by atoms with van der Waals surface area (Å²) in [6.07, 6.45) is 5.38. The molecule has 1 aromatic heterocycles. The smallest absolute Gasteiger partial charge is 0.307 e. The van der Waals surface area contributed by atoms with Crippen molar-refractivity contribution in [1.29, 1.82) is 0 Å². The lowest BCUT2D eigenvalue weighted by Gasteiger charge is -2.04. The summed E-state index contributed by atoms with van der Waals surface area (Å²) in [6, 6.07) is 5.67. The van der Waals surface area contributed by atoms with Gasteiger partial charge < -0.3 is 5.11 Å². The summed E-state index contributed by atoms with van der Waals surface area (Å²) in [5.41, 5.74) is 1.89. The van der Waals surface area contributed by atoms with Gasteiger partial charge in [0.1, 0.15) is 0 Å². The molecule has 0 unspecified atom stereocenters. The Bertz CT molecular complexity index is 344. The van der Waals surface area contributed by atoms with Crippen LogP contribution in [-0.4, -0.2) is 16.1 Å². The number of carboxylic acid groups (broad SMARTS) is 1. The molecule has 0 amide bonds. The van der Waals surface area contributed by atoms with Gasteiger partial charge >= 0.3 is 5.97 Å². The summed E-state index contributed by atoms with van der Waals surface area (Å²) in [5, 5.41) is 8.61. The Morgan fingerprint density at radius 1 is 1.53 bits per heavy atom. The fourth-order valence-electron chi connectivity index (χ4n) is 1.37. The highest BCUT2D eigenvalue weighted by Crippen LogP contribution is 2.17. The largest absolute Gasteiger partial charge is 0.481 e. The van der Waals surface area contributed by atoms with E-state index in [-0.39, 0.29) is 6.42 Å². The monoisotopic (exact) mass is 205 g/mol. The topological polar surface area (TPSA) is 50.2 Å². The van der Waals surface area contributed by atoms with E-state index >= 15 is 0 Å². The summed E-state index contributed by atoms with van der Waals surface area (Å²) in [7, 11) is 0. The standard InChI is InChI=1S/C12H15NO2/c1-2-5-10(7-8-12(14)15)11-6-3-4-9-13-11/h3-4,6-7,9H,2,5,8H2,1H3,(H,14,15)/b10-7+. The summed E-state index contributed by atoms with van der Waals surface area (Å²) in [6.45, 7) is 2.07. The van der Waals surface area contributed by atoms with Gasteiger partial charge in [-0.05, 0) is 24.1 Å². The average Bonchev–Trinajstić information content (AvgIpc) is 2.25. The molecule has 0 saturated heterocycles. The van der Waals surface area contributed by atoms with E-state index in [9.17, 15) is 4.79 Å². The molecule has 1 N–H and O–H groups in total. The molecule has 0 fully saturated rings. The third kappa shape index (κ3) is 3.94. The third-order valence-corrected chi connectivity index (χ3v) is 2.04. The number of hydrogen-bond acceptors (Lipinski definition) is 2. The first-order chi connectivity index (χ1) is 7.24. The van der Waals surface area contributed by atoms with Crippen molar-refractivity contribution in [2.75, 3.05) is 0 Å². The highest BCUT2D eigenvalue weighted by atomic mass is 16.4. The van der Waals surface area contributed by atoms with Crippen LogP contribution in [0.1, 0.15) is 31.9 Å². The number of aromatic nitrogens is 1. The van der Waals surface area contributed by atoms with Crippen molar-refractivity contribution in [3.05, 3.63) is 36.2 Å². The molecule has 0 aliphatic heterocycles. The molecule has 0 aliphatic carbocycles. The van der Waals surface area contributed by atoms with E-state index in [1.165, 1.54) is 0 Å². The van der Waals surface area contributed by atoms with Crippen molar-refractivity contribution in [3.63, 3.8) is 0 Å². The van der Waals surface area contributed by atoms with Crippen molar-refractivity contribution in [3.8, 4) is 0 Å². The van der Waals surface area contributed by atoms with Gasteiger partial charge in [-0.15, -0.1) is 0 Å². The van der Waals surface area contributed by atoms with Crippen molar-refractivity contribution in [1.82, 2.24) is 4.98 Å². The van der Waals surface area contributed by atoms with Crippen LogP contribution in [0.5, 0.6) is 0 Å². The maximum absolute atomic E-state index is 10.5. The van der Waals surface area contributed by atoms with E-state index in [4.69, 9.17) is 5.11 Å². The highest BCUT2D eigenvalue weighted by molar-refractivity contribution is 5.73. The number of allylic oxidation sites excluding steroid dienone is 1. The predicted octanol–water partition coefficient (Wildman–Crippen LogP) is 2.74. The van der Waals surface area contributed by atoms with E-state index in [0.717, 1.165) is 24.1 Å². The number of nitrogens with zero attached hydrogens (tertiary/aromatic N) is 1. The Morgan fingerprint density at radius 3 is 2.87 bits per heavy atom. The number of pyridine rings is 1. The Balaban J connectivity index is 2.83. The fraction of sp³-hybridized carbons (Fsp3) is 0.333. The van der Waals surface area contributed by atoms with Gasteiger partial charge in [0.15, 0.2) is 0 Å². The highest BCUT2D eigenvalue weighted by Gasteiger charge is 2.02. The minimum atomic E-state index is -0.806. The second-order valence-corrected chi connectivity index (χ2v) is 3.29. The Hall–Kier alpha value is -1.64. The molecule has 0 aliphatic rings. The zero-order valence-corrected chi connectivity index (χ0v) is 8.81. The molecule has 0 atom stereocenters. The molecular formula is C12H15NO2. The summed E-state index contributed by atoms with van der Waals surface area (Å²) in [5.74, 6) is -0.806. The minimum absolute atomic E-state index is 0.0614. The SMILES string of the molecule is CCC/C(=C\CC(=O)O)c1ccccn1. The molecule has 1 heterocycles. The molecule has 3 nitrogen and oxygen atoms in total. The van der Waals surface area contributed by atoms with E-state index < -0.39 is 5.97 Å². The Morgan fingerprint density at radius 2 is 2.33 bits per heavy atom. The van der Waals surface area contributed by atoms with E-state index in [1.807, 2.05) is 18.2 Å². The second-order valence-electron chi connectivity index (χ2n) is 3.29. The molecule has 0 radical (unpaired) electrons. The van der Waals surface area contributed by atoms with Crippen LogP contribution in [0.15, 0.2) is 30.5 Å². The summed E-state index contributed by atoms with van der Waals surface area (Å²) < 4.78 is 0. The molecule has 0 spiro atoms. The quantitative estimate of drug-likeness (QED) is 0.804.